The lowest BCUT2D eigenvalue weighted by atomic mass is 9.98. The number of amides is 1. The molecule has 0 N–H and O–H groups in total. The normalized spacial score (nSPS) is 19.4. The molecule has 1 unspecified atom stereocenters. The average molecular weight is 513 g/mol. The molecule has 4 heterocycles. The van der Waals surface area contributed by atoms with Gasteiger partial charge in [-0.1, -0.05) is 70.1 Å². The van der Waals surface area contributed by atoms with Crippen molar-refractivity contribution in [2.24, 2.45) is 11.8 Å². The van der Waals surface area contributed by atoms with Crippen LogP contribution in [-0.4, -0.2) is 44.1 Å². The molecule has 0 aliphatic carbocycles. The topological polar surface area (TPSA) is 57.9 Å². The minimum absolute atomic E-state index is 0.0955. The van der Waals surface area contributed by atoms with E-state index in [1.165, 1.54) is 11.8 Å². The van der Waals surface area contributed by atoms with Crippen LogP contribution in [0.5, 0.6) is 0 Å². The van der Waals surface area contributed by atoms with Crippen LogP contribution in [0.4, 0.5) is 5.82 Å². The molecule has 1 atom stereocenters. The van der Waals surface area contributed by atoms with Crippen molar-refractivity contribution in [3.63, 3.8) is 0 Å². The van der Waals surface area contributed by atoms with Crippen LogP contribution in [0.3, 0.4) is 0 Å². The monoisotopic (exact) mass is 512 g/mol. The number of thiocarbonyl (C=S) groups is 1. The second kappa shape index (κ2) is 11.2. The number of unbranched alkanes of at least 4 members (excludes halogenated alkanes) is 1. The van der Waals surface area contributed by atoms with Crippen LogP contribution in [0, 0.1) is 18.8 Å². The number of anilines is 1. The Balaban J connectivity index is 1.73. The van der Waals surface area contributed by atoms with Crippen LogP contribution in [0.1, 0.15) is 70.4 Å². The van der Waals surface area contributed by atoms with Crippen LogP contribution < -0.4 is 10.5 Å². The third-order valence-electron chi connectivity index (χ3n) is 7.28. The number of pyridine rings is 1. The predicted molar refractivity (Wildman–Crippen MR) is 150 cm³/mol. The highest BCUT2D eigenvalue weighted by Gasteiger charge is 2.34. The number of aromatic nitrogens is 2. The summed E-state index contributed by atoms with van der Waals surface area (Å²) >= 11 is 6.91. The van der Waals surface area contributed by atoms with E-state index in [1.807, 2.05) is 19.1 Å². The Kier molecular flexibility index (Phi) is 8.32. The van der Waals surface area contributed by atoms with Crippen LogP contribution in [0.15, 0.2) is 28.0 Å². The maximum Gasteiger partial charge on any atom is 0.267 e. The summed E-state index contributed by atoms with van der Waals surface area (Å²) in [5.74, 6) is 1.67. The highest BCUT2D eigenvalue weighted by atomic mass is 32.2. The molecule has 0 spiro atoms. The molecule has 2 aliphatic rings. The highest BCUT2D eigenvalue weighted by molar-refractivity contribution is 8.26. The molecule has 0 saturated carbocycles. The van der Waals surface area contributed by atoms with E-state index in [2.05, 4.69) is 25.7 Å². The number of hydrogen-bond donors (Lipinski definition) is 0. The van der Waals surface area contributed by atoms with Gasteiger partial charge in [-0.2, -0.15) is 0 Å². The first kappa shape index (κ1) is 25.9. The van der Waals surface area contributed by atoms with E-state index >= 15 is 0 Å². The van der Waals surface area contributed by atoms with E-state index in [0.29, 0.717) is 44.6 Å². The Hall–Kier alpha value is -2.19. The summed E-state index contributed by atoms with van der Waals surface area (Å²) in [6.45, 7) is 10.9. The fourth-order valence-corrected chi connectivity index (χ4v) is 6.11. The zero-order valence-corrected chi connectivity index (χ0v) is 22.9. The van der Waals surface area contributed by atoms with Gasteiger partial charge < -0.3 is 4.90 Å². The molecule has 0 aromatic carbocycles. The molecule has 188 valence electrons. The second-order valence-electron chi connectivity index (χ2n) is 9.92. The summed E-state index contributed by atoms with van der Waals surface area (Å²) in [4.78, 5) is 36.5. The van der Waals surface area contributed by atoms with Gasteiger partial charge in [-0.05, 0) is 55.7 Å². The van der Waals surface area contributed by atoms with Crippen molar-refractivity contribution in [3.8, 4) is 0 Å². The molecule has 35 heavy (non-hydrogen) atoms. The van der Waals surface area contributed by atoms with Gasteiger partial charge in [-0.3, -0.25) is 18.9 Å². The molecule has 0 bridgehead atoms. The van der Waals surface area contributed by atoms with Crippen molar-refractivity contribution in [2.45, 2.75) is 66.2 Å². The first-order valence-corrected chi connectivity index (χ1v) is 14.1. The molecular weight excluding hydrogens is 476 g/mol. The molecule has 2 saturated heterocycles. The third kappa shape index (κ3) is 5.48. The fourth-order valence-electron chi connectivity index (χ4n) is 4.85. The number of carbonyl (C=O) groups is 1. The number of rotatable bonds is 8. The van der Waals surface area contributed by atoms with E-state index in [9.17, 15) is 9.59 Å². The van der Waals surface area contributed by atoms with Gasteiger partial charge in [0.15, 0.2) is 0 Å². The molecule has 8 heteroatoms. The zero-order chi connectivity index (χ0) is 25.1. The summed E-state index contributed by atoms with van der Waals surface area (Å²) in [6.07, 6.45) is 10.0. The highest BCUT2D eigenvalue weighted by Crippen LogP contribution is 2.35. The zero-order valence-electron chi connectivity index (χ0n) is 21.2. The number of thioether (sulfide) groups is 1. The lowest BCUT2D eigenvalue weighted by Gasteiger charge is -2.32. The van der Waals surface area contributed by atoms with Crippen LogP contribution in [0.25, 0.3) is 11.7 Å². The lowest BCUT2D eigenvalue weighted by molar-refractivity contribution is -0.122. The Morgan fingerprint density at radius 2 is 2.00 bits per heavy atom. The first-order valence-electron chi connectivity index (χ1n) is 12.9. The lowest BCUT2D eigenvalue weighted by Crippen LogP contribution is -2.36. The fraction of sp³-hybridized carbons (Fsp3) is 0.556. The summed E-state index contributed by atoms with van der Waals surface area (Å²) in [5, 5.41) is 0. The maximum atomic E-state index is 13.7. The Morgan fingerprint density at radius 3 is 2.69 bits per heavy atom. The minimum atomic E-state index is -0.146. The van der Waals surface area contributed by atoms with E-state index in [1.54, 1.807) is 21.6 Å². The quantitative estimate of drug-likeness (QED) is 0.336. The van der Waals surface area contributed by atoms with Gasteiger partial charge in [0, 0.05) is 25.8 Å². The second-order valence-corrected chi connectivity index (χ2v) is 11.6. The van der Waals surface area contributed by atoms with Crippen LogP contribution in [-0.2, 0) is 4.79 Å². The minimum Gasteiger partial charge on any atom is -0.356 e. The number of carbonyl (C=O) groups excluding carboxylic acids is 1. The molecule has 2 fully saturated rings. The first-order chi connectivity index (χ1) is 16.8. The predicted octanol–water partition coefficient (Wildman–Crippen LogP) is 5.66. The molecule has 0 radical (unpaired) electrons. The number of nitrogens with zero attached hydrogens (tertiary/aromatic N) is 4. The number of fused-ring (bicyclic) bond motifs is 1. The number of aryl methyl sites for hydroxylation is 1. The molecule has 6 nitrogen and oxygen atoms in total. The maximum absolute atomic E-state index is 13.7. The van der Waals surface area contributed by atoms with E-state index in [0.717, 1.165) is 57.2 Å². The van der Waals surface area contributed by atoms with Gasteiger partial charge in [0.2, 0.25) is 0 Å². The largest absolute Gasteiger partial charge is 0.356 e. The van der Waals surface area contributed by atoms with Gasteiger partial charge >= 0.3 is 0 Å². The molecular formula is C27H36N4O2S2. The van der Waals surface area contributed by atoms with Crippen LogP contribution >= 0.6 is 24.0 Å². The number of piperidine rings is 1. The standard InChI is InChI=1S/C27H36N4O2S2/c1-5-7-10-20(6-2)17-31-26(33)22(35-27(31)34)16-21-24(29-14-11-18(3)12-15-29)28-23-19(4)9-8-13-30(23)25(21)32/h8-9,13,16,18,20H,5-7,10-12,14-15,17H2,1-4H3. The smallest absolute Gasteiger partial charge is 0.267 e. The average Bonchev–Trinajstić information content (AvgIpc) is 3.11. The van der Waals surface area contributed by atoms with Crippen molar-refractivity contribution in [1.29, 1.82) is 0 Å². The molecule has 2 aliphatic heterocycles. The SMILES string of the molecule is CCCCC(CC)CN1C(=O)C(=Cc2c(N3CCC(C)CC3)nc3c(C)cccn3c2=O)SC1=S. The summed E-state index contributed by atoms with van der Waals surface area (Å²) in [5.41, 5.74) is 1.94. The Bertz CT molecular complexity index is 1200. The van der Waals surface area contributed by atoms with Gasteiger partial charge in [0.1, 0.15) is 15.8 Å². The molecule has 2 aromatic rings. The molecule has 1 amide bonds. The van der Waals surface area contributed by atoms with Gasteiger partial charge in [0.05, 0.1) is 10.5 Å². The molecule has 4 rings (SSSR count). The number of hydrogen-bond acceptors (Lipinski definition) is 6. The third-order valence-corrected chi connectivity index (χ3v) is 8.66. The van der Waals surface area contributed by atoms with Crippen molar-refractivity contribution in [1.82, 2.24) is 14.3 Å². The summed E-state index contributed by atoms with van der Waals surface area (Å²) < 4.78 is 2.17. The summed E-state index contributed by atoms with van der Waals surface area (Å²) in [7, 11) is 0. The van der Waals surface area contributed by atoms with Crippen LogP contribution in [0.2, 0.25) is 0 Å². The van der Waals surface area contributed by atoms with Crippen molar-refractivity contribution in [2.75, 3.05) is 24.5 Å². The van der Waals surface area contributed by atoms with Gasteiger partial charge in [-0.25, -0.2) is 4.98 Å². The Labute approximate surface area is 217 Å². The van der Waals surface area contributed by atoms with Crippen molar-refractivity contribution < 1.29 is 4.79 Å². The van der Waals surface area contributed by atoms with Crippen molar-refractivity contribution in [3.05, 3.63) is 44.7 Å². The van der Waals surface area contributed by atoms with Crippen molar-refractivity contribution >= 4 is 51.7 Å². The van der Waals surface area contributed by atoms with Gasteiger partial charge in [-0.15, -0.1) is 0 Å². The van der Waals surface area contributed by atoms with E-state index in [4.69, 9.17) is 17.2 Å². The van der Waals surface area contributed by atoms with E-state index in [-0.39, 0.29) is 11.5 Å². The molecule has 2 aromatic heterocycles. The van der Waals surface area contributed by atoms with E-state index < -0.39 is 0 Å². The van der Waals surface area contributed by atoms with Gasteiger partial charge in [0.25, 0.3) is 11.5 Å². The summed E-state index contributed by atoms with van der Waals surface area (Å²) in [6, 6.07) is 3.83. The Morgan fingerprint density at radius 1 is 1.26 bits per heavy atom.